The average Bonchev–Trinajstić information content (AvgIpc) is 2.76. The highest BCUT2D eigenvalue weighted by molar-refractivity contribution is 7.92. The first kappa shape index (κ1) is 21.3. The lowest BCUT2D eigenvalue weighted by atomic mass is 10.0. The minimum absolute atomic E-state index is 0.144. The highest BCUT2D eigenvalue weighted by Crippen LogP contribution is 2.31. The zero-order valence-electron chi connectivity index (χ0n) is 17.1. The smallest absolute Gasteiger partial charge is 0.264 e. The van der Waals surface area contributed by atoms with Gasteiger partial charge in [-0.1, -0.05) is 38.1 Å². The Hall–Kier alpha value is -2.38. The minimum atomic E-state index is -3.73. The first-order chi connectivity index (χ1) is 14.0. The van der Waals surface area contributed by atoms with Crippen LogP contribution >= 0.6 is 0 Å². The third kappa shape index (κ3) is 4.79. The van der Waals surface area contributed by atoms with Crippen LogP contribution in [0.5, 0.6) is 0 Å². The molecule has 3 rings (SSSR count). The third-order valence-electron chi connectivity index (χ3n) is 5.36. The van der Waals surface area contributed by atoms with E-state index in [0.717, 1.165) is 43.7 Å². The van der Waals surface area contributed by atoms with Crippen LogP contribution in [0.4, 0.5) is 5.69 Å². The fourth-order valence-corrected chi connectivity index (χ4v) is 5.23. The molecule has 0 aromatic heterocycles. The molecule has 156 valence electrons. The molecular weight excluding hydrogens is 386 g/mol. The maximum atomic E-state index is 13.3. The van der Waals surface area contributed by atoms with Crippen LogP contribution in [0.25, 0.3) is 0 Å². The summed E-state index contributed by atoms with van der Waals surface area (Å²) in [5.74, 6) is -0.256. The highest BCUT2D eigenvalue weighted by Gasteiger charge is 2.29. The summed E-state index contributed by atoms with van der Waals surface area (Å²) < 4.78 is 28.0. The summed E-state index contributed by atoms with van der Waals surface area (Å²) in [6.45, 7) is 7.75. The van der Waals surface area contributed by atoms with Crippen LogP contribution < -0.4 is 9.62 Å². The van der Waals surface area contributed by atoms with Gasteiger partial charge in [-0.05, 0) is 55.8 Å². The van der Waals surface area contributed by atoms with Crippen LogP contribution in [0.1, 0.15) is 36.2 Å². The molecular formula is C22H29N3O3S. The molecule has 0 unspecified atom stereocenters. The number of nitrogens with one attached hydrogen (secondary N) is 1. The molecule has 1 aliphatic rings. The summed E-state index contributed by atoms with van der Waals surface area (Å²) >= 11 is 0. The number of benzene rings is 2. The summed E-state index contributed by atoms with van der Waals surface area (Å²) in [6.07, 6.45) is 1.65. The van der Waals surface area contributed by atoms with Crippen molar-refractivity contribution in [1.82, 2.24) is 10.2 Å². The normalized spacial score (nSPS) is 14.0. The number of carbonyl (C=O) groups excluding carboxylic acids is 1. The van der Waals surface area contributed by atoms with E-state index in [2.05, 4.69) is 24.1 Å². The number of rotatable bonds is 8. The van der Waals surface area contributed by atoms with Crippen LogP contribution in [-0.4, -0.2) is 51.9 Å². The minimum Gasteiger partial charge on any atom is -0.351 e. The second-order valence-electron chi connectivity index (χ2n) is 7.12. The summed E-state index contributed by atoms with van der Waals surface area (Å²) in [7, 11) is -3.73. The zero-order chi connectivity index (χ0) is 20.9. The second-order valence-corrected chi connectivity index (χ2v) is 8.98. The Bertz CT molecular complexity index is 955. The molecule has 29 heavy (non-hydrogen) atoms. The quantitative estimate of drug-likeness (QED) is 0.720. The van der Waals surface area contributed by atoms with Crippen LogP contribution in [-0.2, 0) is 16.4 Å². The lowest BCUT2D eigenvalue weighted by molar-refractivity contribution is 0.0948. The lowest BCUT2D eigenvalue weighted by Gasteiger charge is -2.30. The van der Waals surface area contributed by atoms with Gasteiger partial charge in [-0.3, -0.25) is 9.10 Å². The number of fused-ring (bicyclic) bond motifs is 1. The molecule has 0 radical (unpaired) electrons. The molecule has 1 amide bonds. The van der Waals surface area contributed by atoms with E-state index in [1.165, 1.54) is 10.4 Å². The molecule has 0 spiro atoms. The van der Waals surface area contributed by atoms with Crippen molar-refractivity contribution >= 4 is 21.6 Å². The van der Waals surface area contributed by atoms with Gasteiger partial charge in [0.25, 0.3) is 15.9 Å². The number of sulfonamides is 1. The molecule has 1 N–H and O–H groups in total. The van der Waals surface area contributed by atoms with Gasteiger partial charge in [0.1, 0.15) is 0 Å². The lowest BCUT2D eigenvalue weighted by Crippen LogP contribution is -2.36. The highest BCUT2D eigenvalue weighted by atomic mass is 32.2. The van der Waals surface area contributed by atoms with Gasteiger partial charge in [0.15, 0.2) is 0 Å². The number of amides is 1. The van der Waals surface area contributed by atoms with Gasteiger partial charge in [-0.25, -0.2) is 8.42 Å². The SMILES string of the molecule is CCN(CC)CCNC(=O)c1cccc(S(=O)(=O)N2CCCc3ccccc32)c1. The van der Waals surface area contributed by atoms with E-state index in [9.17, 15) is 13.2 Å². The average molecular weight is 416 g/mol. The molecule has 0 saturated heterocycles. The number of likely N-dealkylation sites (N-methyl/N-ethyl adjacent to an activating group) is 1. The molecule has 7 heteroatoms. The standard InChI is InChI=1S/C22H29N3O3S/c1-3-24(4-2)16-14-23-22(26)19-10-7-12-20(17-19)29(27,28)25-15-8-11-18-9-5-6-13-21(18)25/h5-7,9-10,12-13,17H,3-4,8,11,14-16H2,1-2H3,(H,23,26). The molecule has 0 fully saturated rings. The number of hydrogen-bond acceptors (Lipinski definition) is 4. The maximum Gasteiger partial charge on any atom is 0.264 e. The third-order valence-corrected chi connectivity index (χ3v) is 7.17. The van der Waals surface area contributed by atoms with Crippen LogP contribution in [0.3, 0.4) is 0 Å². The Morgan fingerprint density at radius 1 is 1.10 bits per heavy atom. The van der Waals surface area contributed by atoms with Crippen molar-refractivity contribution in [1.29, 1.82) is 0 Å². The van der Waals surface area contributed by atoms with Crippen molar-refractivity contribution in [2.24, 2.45) is 0 Å². The molecule has 6 nitrogen and oxygen atoms in total. The van der Waals surface area contributed by atoms with Crippen LogP contribution in [0.2, 0.25) is 0 Å². The number of nitrogens with zero attached hydrogens (tertiary/aromatic N) is 2. The van der Waals surface area contributed by atoms with Crippen LogP contribution in [0, 0.1) is 0 Å². The van der Waals surface area contributed by atoms with E-state index in [0.29, 0.717) is 18.7 Å². The van der Waals surface area contributed by atoms with E-state index in [1.807, 2.05) is 24.3 Å². The first-order valence-corrected chi connectivity index (χ1v) is 11.6. The van der Waals surface area contributed by atoms with Crippen molar-refractivity contribution in [3.05, 3.63) is 59.7 Å². The molecule has 0 bridgehead atoms. The van der Waals surface area contributed by atoms with Crippen molar-refractivity contribution in [3.63, 3.8) is 0 Å². The van der Waals surface area contributed by atoms with Gasteiger partial charge >= 0.3 is 0 Å². The van der Waals surface area contributed by atoms with Gasteiger partial charge in [0, 0.05) is 25.2 Å². The van der Waals surface area contributed by atoms with E-state index in [1.54, 1.807) is 18.2 Å². The Morgan fingerprint density at radius 3 is 2.62 bits per heavy atom. The molecule has 1 aliphatic heterocycles. The molecule has 0 saturated carbocycles. The van der Waals surface area contributed by atoms with Gasteiger partial charge in [0.2, 0.25) is 0 Å². The Balaban J connectivity index is 1.78. The number of para-hydroxylation sites is 1. The van der Waals surface area contributed by atoms with Crippen molar-refractivity contribution in [2.45, 2.75) is 31.6 Å². The van der Waals surface area contributed by atoms with E-state index in [4.69, 9.17) is 0 Å². The fraction of sp³-hybridized carbons (Fsp3) is 0.409. The maximum absolute atomic E-state index is 13.3. The van der Waals surface area contributed by atoms with Crippen LogP contribution in [0.15, 0.2) is 53.4 Å². The second kappa shape index (κ2) is 9.41. The van der Waals surface area contributed by atoms with E-state index in [-0.39, 0.29) is 10.8 Å². The summed E-state index contributed by atoms with van der Waals surface area (Å²) in [4.78, 5) is 14.9. The summed E-state index contributed by atoms with van der Waals surface area (Å²) in [6, 6.07) is 13.9. The molecule has 0 aliphatic carbocycles. The van der Waals surface area contributed by atoms with Gasteiger partial charge in [-0.15, -0.1) is 0 Å². The Labute approximate surface area is 173 Å². The predicted octanol–water partition coefficient (Wildman–Crippen LogP) is 2.90. The largest absolute Gasteiger partial charge is 0.351 e. The van der Waals surface area contributed by atoms with Gasteiger partial charge in [0.05, 0.1) is 10.6 Å². The zero-order valence-corrected chi connectivity index (χ0v) is 17.9. The van der Waals surface area contributed by atoms with E-state index >= 15 is 0 Å². The van der Waals surface area contributed by atoms with Gasteiger partial charge in [-0.2, -0.15) is 0 Å². The van der Waals surface area contributed by atoms with Gasteiger partial charge < -0.3 is 10.2 Å². The predicted molar refractivity (Wildman–Crippen MR) is 116 cm³/mol. The number of hydrogen-bond donors (Lipinski definition) is 1. The molecule has 0 atom stereocenters. The Kier molecular flexibility index (Phi) is 6.92. The number of carbonyl (C=O) groups is 1. The summed E-state index contributed by atoms with van der Waals surface area (Å²) in [5, 5.41) is 2.88. The fourth-order valence-electron chi connectivity index (χ4n) is 3.64. The molecule has 2 aromatic carbocycles. The summed E-state index contributed by atoms with van der Waals surface area (Å²) in [5.41, 5.74) is 2.12. The first-order valence-electron chi connectivity index (χ1n) is 10.2. The van der Waals surface area contributed by atoms with E-state index < -0.39 is 10.0 Å². The topological polar surface area (TPSA) is 69.7 Å². The molecule has 2 aromatic rings. The van der Waals surface area contributed by atoms with Crippen molar-refractivity contribution < 1.29 is 13.2 Å². The van der Waals surface area contributed by atoms with Crippen molar-refractivity contribution in [2.75, 3.05) is 37.0 Å². The number of aryl methyl sites for hydroxylation is 1. The molecule has 1 heterocycles. The monoisotopic (exact) mass is 415 g/mol. The Morgan fingerprint density at radius 2 is 1.86 bits per heavy atom. The number of anilines is 1. The van der Waals surface area contributed by atoms with Crippen molar-refractivity contribution in [3.8, 4) is 0 Å².